The number of nitrogens with one attached hydrogen (secondary N) is 1. The molecule has 18 heavy (non-hydrogen) atoms. The number of hydrogen-bond acceptors (Lipinski definition) is 4. The van der Waals surface area contributed by atoms with Gasteiger partial charge in [0.15, 0.2) is 0 Å². The number of aromatic nitrogens is 1. The number of sulfonamides is 1. The van der Waals surface area contributed by atoms with Crippen LogP contribution in [0, 0.1) is 0 Å². The largest absolute Gasteiger partial charge is 0.314 e. The van der Waals surface area contributed by atoms with Crippen LogP contribution in [0.4, 0.5) is 0 Å². The Balaban J connectivity index is 2.31. The Labute approximate surface area is 108 Å². The third-order valence-corrected chi connectivity index (χ3v) is 5.20. The Kier molecular flexibility index (Phi) is 3.70. The molecule has 1 aliphatic heterocycles. The van der Waals surface area contributed by atoms with Crippen molar-refractivity contribution in [1.82, 2.24) is 14.6 Å². The normalized spacial score (nSPS) is 23.4. The average Bonchev–Trinajstić information content (AvgIpc) is 2.41. The molecule has 0 atom stereocenters. The minimum atomic E-state index is -3.22. The standard InChI is InChI=1S/C12H19N3O2S/c1-12(2)10-14-7-8-18(16,17)15(12)9-11-3-5-13-6-4-11/h3-6,14H,7-10H2,1-2H3. The van der Waals surface area contributed by atoms with Gasteiger partial charge in [0.25, 0.3) is 0 Å². The Hall–Kier alpha value is -0.980. The molecular weight excluding hydrogens is 250 g/mol. The summed E-state index contributed by atoms with van der Waals surface area (Å²) in [6.07, 6.45) is 3.37. The van der Waals surface area contributed by atoms with E-state index in [0.717, 1.165) is 5.56 Å². The van der Waals surface area contributed by atoms with Gasteiger partial charge in [0.2, 0.25) is 10.0 Å². The van der Waals surface area contributed by atoms with Gasteiger partial charge >= 0.3 is 0 Å². The monoisotopic (exact) mass is 269 g/mol. The number of pyridine rings is 1. The van der Waals surface area contributed by atoms with Crippen LogP contribution in [-0.4, -0.2) is 42.1 Å². The fraction of sp³-hybridized carbons (Fsp3) is 0.583. The van der Waals surface area contributed by atoms with Gasteiger partial charge in [-0.3, -0.25) is 4.98 Å². The topological polar surface area (TPSA) is 62.3 Å². The van der Waals surface area contributed by atoms with Crippen molar-refractivity contribution >= 4 is 10.0 Å². The first-order valence-electron chi connectivity index (χ1n) is 6.02. The van der Waals surface area contributed by atoms with E-state index in [2.05, 4.69) is 10.3 Å². The van der Waals surface area contributed by atoms with Crippen LogP contribution in [-0.2, 0) is 16.6 Å². The van der Waals surface area contributed by atoms with E-state index in [9.17, 15) is 8.42 Å². The van der Waals surface area contributed by atoms with Crippen molar-refractivity contribution < 1.29 is 8.42 Å². The van der Waals surface area contributed by atoms with Gasteiger partial charge in [-0.1, -0.05) is 0 Å². The van der Waals surface area contributed by atoms with Crippen molar-refractivity contribution in [3.8, 4) is 0 Å². The predicted octanol–water partition coefficient (Wildman–Crippen LogP) is 0.595. The molecule has 0 saturated carbocycles. The summed E-state index contributed by atoms with van der Waals surface area (Å²) in [5, 5.41) is 3.18. The molecule has 1 aromatic rings. The lowest BCUT2D eigenvalue weighted by atomic mass is 10.1. The first-order chi connectivity index (χ1) is 8.42. The van der Waals surface area contributed by atoms with E-state index in [-0.39, 0.29) is 5.75 Å². The lowest BCUT2D eigenvalue weighted by molar-refractivity contribution is 0.223. The Morgan fingerprint density at radius 2 is 2.06 bits per heavy atom. The van der Waals surface area contributed by atoms with Gasteiger partial charge in [-0.05, 0) is 31.5 Å². The third kappa shape index (κ3) is 2.88. The van der Waals surface area contributed by atoms with Crippen molar-refractivity contribution in [2.24, 2.45) is 0 Å². The number of nitrogens with zero attached hydrogens (tertiary/aromatic N) is 2. The van der Waals surface area contributed by atoms with E-state index in [1.54, 1.807) is 16.7 Å². The molecule has 0 spiro atoms. The van der Waals surface area contributed by atoms with Gasteiger partial charge in [-0.2, -0.15) is 4.31 Å². The van der Waals surface area contributed by atoms with Crippen LogP contribution in [0.1, 0.15) is 19.4 Å². The summed E-state index contributed by atoms with van der Waals surface area (Å²) in [6, 6.07) is 3.70. The summed E-state index contributed by atoms with van der Waals surface area (Å²) >= 11 is 0. The van der Waals surface area contributed by atoms with E-state index in [4.69, 9.17) is 0 Å². The molecule has 1 N–H and O–H groups in total. The van der Waals surface area contributed by atoms with Crippen LogP contribution < -0.4 is 5.32 Å². The van der Waals surface area contributed by atoms with Crippen molar-refractivity contribution in [3.05, 3.63) is 30.1 Å². The lowest BCUT2D eigenvalue weighted by Gasteiger charge is -2.35. The highest BCUT2D eigenvalue weighted by atomic mass is 32.2. The van der Waals surface area contributed by atoms with Crippen LogP contribution in [0.5, 0.6) is 0 Å². The maximum Gasteiger partial charge on any atom is 0.216 e. The van der Waals surface area contributed by atoms with Gasteiger partial charge in [-0.25, -0.2) is 8.42 Å². The summed E-state index contributed by atoms with van der Waals surface area (Å²) in [5.41, 5.74) is 0.544. The quantitative estimate of drug-likeness (QED) is 0.854. The number of rotatable bonds is 2. The first kappa shape index (κ1) is 13.5. The van der Waals surface area contributed by atoms with Gasteiger partial charge in [0.1, 0.15) is 0 Å². The second-order valence-electron chi connectivity index (χ2n) is 5.17. The molecule has 5 nitrogen and oxygen atoms in total. The summed E-state index contributed by atoms with van der Waals surface area (Å²) in [6.45, 7) is 5.48. The van der Waals surface area contributed by atoms with Gasteiger partial charge in [0.05, 0.1) is 5.75 Å². The Bertz CT molecular complexity index is 499. The summed E-state index contributed by atoms with van der Waals surface area (Å²) < 4.78 is 26.2. The van der Waals surface area contributed by atoms with Crippen LogP contribution in [0.25, 0.3) is 0 Å². The van der Waals surface area contributed by atoms with E-state index in [0.29, 0.717) is 19.6 Å². The molecule has 2 rings (SSSR count). The molecular formula is C12H19N3O2S. The highest BCUT2D eigenvalue weighted by Gasteiger charge is 2.37. The van der Waals surface area contributed by atoms with Crippen LogP contribution in [0.3, 0.4) is 0 Å². The predicted molar refractivity (Wildman–Crippen MR) is 70.5 cm³/mol. The van der Waals surface area contributed by atoms with Gasteiger partial charge < -0.3 is 5.32 Å². The molecule has 100 valence electrons. The summed E-state index contributed by atoms with van der Waals surface area (Å²) in [7, 11) is -3.22. The fourth-order valence-electron chi connectivity index (χ4n) is 2.14. The fourth-order valence-corrected chi connectivity index (χ4v) is 3.92. The SMILES string of the molecule is CC1(C)CNCCS(=O)(=O)N1Cc1ccncc1. The van der Waals surface area contributed by atoms with Gasteiger partial charge in [0, 0.05) is 37.6 Å². The minimum Gasteiger partial charge on any atom is -0.314 e. The highest BCUT2D eigenvalue weighted by molar-refractivity contribution is 7.89. The smallest absolute Gasteiger partial charge is 0.216 e. The molecule has 0 aliphatic carbocycles. The van der Waals surface area contributed by atoms with Gasteiger partial charge in [-0.15, -0.1) is 0 Å². The summed E-state index contributed by atoms with van der Waals surface area (Å²) in [5.74, 6) is 0.154. The van der Waals surface area contributed by atoms with Crippen molar-refractivity contribution in [3.63, 3.8) is 0 Å². The molecule has 0 aromatic carbocycles. The molecule has 0 unspecified atom stereocenters. The summed E-state index contributed by atoms with van der Waals surface area (Å²) in [4.78, 5) is 3.95. The van der Waals surface area contributed by atoms with Crippen LogP contribution >= 0.6 is 0 Å². The second kappa shape index (κ2) is 4.95. The Morgan fingerprint density at radius 1 is 1.39 bits per heavy atom. The average molecular weight is 269 g/mol. The molecule has 1 fully saturated rings. The molecule has 1 aliphatic rings. The van der Waals surface area contributed by atoms with Crippen LogP contribution in [0.2, 0.25) is 0 Å². The molecule has 0 bridgehead atoms. The van der Waals surface area contributed by atoms with E-state index in [1.165, 1.54) is 0 Å². The molecule has 6 heteroatoms. The number of hydrogen-bond donors (Lipinski definition) is 1. The van der Waals surface area contributed by atoms with Crippen molar-refractivity contribution in [1.29, 1.82) is 0 Å². The zero-order valence-corrected chi connectivity index (χ0v) is 11.6. The molecule has 2 heterocycles. The molecule has 1 aromatic heterocycles. The zero-order valence-electron chi connectivity index (χ0n) is 10.8. The molecule has 0 amide bonds. The second-order valence-corrected chi connectivity index (χ2v) is 7.18. The maximum absolute atomic E-state index is 12.3. The van der Waals surface area contributed by atoms with E-state index in [1.807, 2.05) is 26.0 Å². The van der Waals surface area contributed by atoms with Crippen molar-refractivity contribution in [2.75, 3.05) is 18.8 Å². The Morgan fingerprint density at radius 3 is 2.72 bits per heavy atom. The highest BCUT2D eigenvalue weighted by Crippen LogP contribution is 2.23. The lowest BCUT2D eigenvalue weighted by Crippen LogP contribution is -2.50. The van der Waals surface area contributed by atoms with E-state index >= 15 is 0 Å². The van der Waals surface area contributed by atoms with Crippen molar-refractivity contribution in [2.45, 2.75) is 25.9 Å². The minimum absolute atomic E-state index is 0.154. The zero-order chi connectivity index (χ0) is 13.2. The van der Waals surface area contributed by atoms with E-state index < -0.39 is 15.6 Å². The maximum atomic E-state index is 12.3. The van der Waals surface area contributed by atoms with Crippen LogP contribution in [0.15, 0.2) is 24.5 Å². The molecule has 1 saturated heterocycles. The molecule has 0 radical (unpaired) electrons. The first-order valence-corrected chi connectivity index (χ1v) is 7.63. The third-order valence-electron chi connectivity index (χ3n) is 3.18.